The fraction of sp³-hybridized carbons (Fsp3) is 0.375. The van der Waals surface area contributed by atoms with Crippen molar-refractivity contribution in [1.29, 1.82) is 0 Å². The molecule has 1 saturated heterocycles. The number of sulfonamides is 1. The van der Waals surface area contributed by atoms with E-state index in [1.807, 2.05) is 0 Å². The average Bonchev–Trinajstić information content (AvgIpc) is 3.28. The summed E-state index contributed by atoms with van der Waals surface area (Å²) in [6.45, 7) is 0.864. The van der Waals surface area contributed by atoms with Gasteiger partial charge in [-0.05, 0) is 24.6 Å². The molecular formula is C16H19N3O5S2. The summed E-state index contributed by atoms with van der Waals surface area (Å²) >= 11 is 1.41. The fourth-order valence-electron chi connectivity index (χ4n) is 2.57. The molecule has 0 saturated carbocycles. The summed E-state index contributed by atoms with van der Waals surface area (Å²) in [5.41, 5.74) is 2.69. The number of anilines is 1. The van der Waals surface area contributed by atoms with E-state index in [0.29, 0.717) is 31.0 Å². The number of thiazole rings is 1. The van der Waals surface area contributed by atoms with Crippen molar-refractivity contribution in [3.8, 4) is 5.75 Å². The zero-order valence-electron chi connectivity index (χ0n) is 14.1. The van der Waals surface area contributed by atoms with E-state index in [0.717, 1.165) is 0 Å². The van der Waals surface area contributed by atoms with Crippen LogP contribution in [0.1, 0.15) is 12.1 Å². The summed E-state index contributed by atoms with van der Waals surface area (Å²) in [6.07, 6.45) is 0.737. The number of benzene rings is 1. The monoisotopic (exact) mass is 397 g/mol. The Morgan fingerprint density at radius 2 is 2.31 bits per heavy atom. The van der Waals surface area contributed by atoms with Crippen LogP contribution in [0.2, 0.25) is 0 Å². The van der Waals surface area contributed by atoms with E-state index >= 15 is 0 Å². The minimum Gasteiger partial charge on any atom is -0.495 e. The van der Waals surface area contributed by atoms with Crippen molar-refractivity contribution in [1.82, 2.24) is 9.71 Å². The van der Waals surface area contributed by atoms with E-state index in [2.05, 4.69) is 15.0 Å². The lowest BCUT2D eigenvalue weighted by Crippen LogP contribution is -2.35. The van der Waals surface area contributed by atoms with Crippen LogP contribution in [-0.2, 0) is 26.0 Å². The highest BCUT2D eigenvalue weighted by Gasteiger charge is 2.26. The summed E-state index contributed by atoms with van der Waals surface area (Å²) in [6, 6.07) is 4.22. The minimum atomic E-state index is -3.81. The van der Waals surface area contributed by atoms with Crippen LogP contribution in [0, 0.1) is 0 Å². The van der Waals surface area contributed by atoms with Gasteiger partial charge >= 0.3 is 0 Å². The Bertz CT molecular complexity index is 862. The van der Waals surface area contributed by atoms with Crippen LogP contribution in [0.5, 0.6) is 5.75 Å². The Labute approximate surface area is 155 Å². The highest BCUT2D eigenvalue weighted by Crippen LogP contribution is 2.28. The molecule has 2 heterocycles. The van der Waals surface area contributed by atoms with Gasteiger partial charge in [0, 0.05) is 23.7 Å². The molecule has 0 spiro atoms. The van der Waals surface area contributed by atoms with Gasteiger partial charge in [0.2, 0.25) is 15.9 Å². The molecule has 1 atom stereocenters. The third-order valence-electron chi connectivity index (χ3n) is 3.81. The van der Waals surface area contributed by atoms with Crippen LogP contribution in [0.25, 0.3) is 0 Å². The van der Waals surface area contributed by atoms with Crippen LogP contribution in [0.4, 0.5) is 5.69 Å². The minimum absolute atomic E-state index is 0.0293. The summed E-state index contributed by atoms with van der Waals surface area (Å²) < 4.78 is 38.4. The fourth-order valence-corrected chi connectivity index (χ4v) is 4.58. The van der Waals surface area contributed by atoms with Crippen LogP contribution in [0.3, 0.4) is 0 Å². The SMILES string of the molecule is COc1ccc(NC(=O)Cc2cscn2)cc1S(=O)(=O)NC1CCOC1. The topological polar surface area (TPSA) is 107 Å². The van der Waals surface area contributed by atoms with E-state index in [-0.39, 0.29) is 29.0 Å². The van der Waals surface area contributed by atoms with Gasteiger partial charge in [0.15, 0.2) is 0 Å². The number of carbonyl (C=O) groups excluding carboxylic acids is 1. The number of amides is 1. The zero-order chi connectivity index (χ0) is 18.6. The highest BCUT2D eigenvalue weighted by molar-refractivity contribution is 7.89. The molecule has 1 unspecified atom stereocenters. The van der Waals surface area contributed by atoms with Crippen molar-refractivity contribution in [2.75, 3.05) is 25.6 Å². The van der Waals surface area contributed by atoms with E-state index in [1.54, 1.807) is 17.0 Å². The van der Waals surface area contributed by atoms with Crippen molar-refractivity contribution >= 4 is 33.0 Å². The van der Waals surface area contributed by atoms with Gasteiger partial charge in [-0.2, -0.15) is 0 Å². The molecule has 1 aromatic heterocycles. The predicted molar refractivity (Wildman–Crippen MR) is 97.0 cm³/mol. The average molecular weight is 397 g/mol. The Balaban J connectivity index is 1.78. The first-order chi connectivity index (χ1) is 12.5. The number of aromatic nitrogens is 1. The van der Waals surface area contributed by atoms with Gasteiger partial charge in [0.1, 0.15) is 10.6 Å². The summed E-state index contributed by atoms with van der Waals surface area (Å²) in [5, 5.41) is 4.48. The van der Waals surface area contributed by atoms with Crippen LogP contribution in [0.15, 0.2) is 34.0 Å². The summed E-state index contributed by atoms with van der Waals surface area (Å²) in [4.78, 5) is 16.1. The maximum absolute atomic E-state index is 12.7. The molecule has 2 aromatic rings. The molecule has 1 aromatic carbocycles. The van der Waals surface area contributed by atoms with Gasteiger partial charge in [0.05, 0.1) is 31.3 Å². The van der Waals surface area contributed by atoms with E-state index < -0.39 is 10.0 Å². The van der Waals surface area contributed by atoms with Gasteiger partial charge < -0.3 is 14.8 Å². The number of nitrogens with one attached hydrogen (secondary N) is 2. The van der Waals surface area contributed by atoms with Gasteiger partial charge in [-0.1, -0.05) is 0 Å². The molecule has 2 N–H and O–H groups in total. The number of hydrogen-bond acceptors (Lipinski definition) is 7. The molecule has 1 aliphatic rings. The number of nitrogens with zero attached hydrogens (tertiary/aromatic N) is 1. The molecule has 0 aliphatic carbocycles. The van der Waals surface area contributed by atoms with E-state index in [9.17, 15) is 13.2 Å². The molecular weight excluding hydrogens is 378 g/mol. The zero-order valence-corrected chi connectivity index (χ0v) is 15.7. The normalized spacial score (nSPS) is 17.2. The number of carbonyl (C=O) groups is 1. The third-order valence-corrected chi connectivity index (χ3v) is 5.99. The van der Waals surface area contributed by atoms with Crippen molar-refractivity contribution < 1.29 is 22.7 Å². The number of rotatable bonds is 7. The summed E-state index contributed by atoms with van der Waals surface area (Å²) in [5.74, 6) is -0.0736. The first kappa shape index (κ1) is 18.8. The van der Waals surface area contributed by atoms with Crippen LogP contribution >= 0.6 is 11.3 Å². The van der Waals surface area contributed by atoms with Crippen molar-refractivity contribution in [3.05, 3.63) is 34.8 Å². The second-order valence-electron chi connectivity index (χ2n) is 5.75. The molecule has 1 fully saturated rings. The number of hydrogen-bond donors (Lipinski definition) is 2. The molecule has 1 amide bonds. The highest BCUT2D eigenvalue weighted by atomic mass is 32.2. The van der Waals surface area contributed by atoms with Crippen molar-refractivity contribution in [2.45, 2.75) is 23.8 Å². The number of ether oxygens (including phenoxy) is 2. The van der Waals surface area contributed by atoms with Crippen molar-refractivity contribution in [2.24, 2.45) is 0 Å². The van der Waals surface area contributed by atoms with Crippen molar-refractivity contribution in [3.63, 3.8) is 0 Å². The molecule has 10 heteroatoms. The molecule has 3 rings (SSSR count). The molecule has 1 aliphatic heterocycles. The maximum atomic E-state index is 12.7. The maximum Gasteiger partial charge on any atom is 0.244 e. The Morgan fingerprint density at radius 1 is 1.46 bits per heavy atom. The van der Waals surface area contributed by atoms with Crippen LogP contribution < -0.4 is 14.8 Å². The van der Waals surface area contributed by atoms with E-state index in [4.69, 9.17) is 9.47 Å². The lowest BCUT2D eigenvalue weighted by molar-refractivity contribution is -0.115. The van der Waals surface area contributed by atoms with Crippen LogP contribution in [-0.4, -0.2) is 45.7 Å². The molecule has 0 radical (unpaired) electrons. The first-order valence-electron chi connectivity index (χ1n) is 7.93. The Kier molecular flexibility index (Phi) is 5.87. The second-order valence-corrected chi connectivity index (χ2v) is 8.15. The smallest absolute Gasteiger partial charge is 0.244 e. The first-order valence-corrected chi connectivity index (χ1v) is 10.4. The third kappa shape index (κ3) is 4.58. The van der Waals surface area contributed by atoms with E-state index in [1.165, 1.54) is 30.6 Å². The van der Waals surface area contributed by atoms with Gasteiger partial charge in [-0.3, -0.25) is 4.79 Å². The molecule has 26 heavy (non-hydrogen) atoms. The lowest BCUT2D eigenvalue weighted by Gasteiger charge is -2.15. The second kappa shape index (κ2) is 8.12. The Morgan fingerprint density at radius 3 is 2.96 bits per heavy atom. The van der Waals surface area contributed by atoms with Gasteiger partial charge in [0.25, 0.3) is 0 Å². The predicted octanol–water partition coefficient (Wildman–Crippen LogP) is 1.40. The quantitative estimate of drug-likeness (QED) is 0.731. The molecule has 8 nitrogen and oxygen atoms in total. The number of methoxy groups -OCH3 is 1. The summed E-state index contributed by atoms with van der Waals surface area (Å²) in [7, 11) is -2.42. The Hall–Kier alpha value is -2.01. The van der Waals surface area contributed by atoms with Gasteiger partial charge in [-0.25, -0.2) is 18.1 Å². The lowest BCUT2D eigenvalue weighted by atomic mass is 10.2. The molecule has 140 valence electrons. The largest absolute Gasteiger partial charge is 0.495 e. The standard InChI is InChI=1S/C16H19N3O5S2/c1-23-14-3-2-11(18-16(20)7-13-9-25-10-17-13)6-15(14)26(21,22)19-12-4-5-24-8-12/h2-3,6,9-10,12,19H,4-5,7-8H2,1H3,(H,18,20). The molecule has 0 bridgehead atoms. The van der Waals surface area contributed by atoms with Gasteiger partial charge in [-0.15, -0.1) is 11.3 Å².